The highest BCUT2D eigenvalue weighted by atomic mass is 32.2. The largest absolute Gasteiger partial charge is 0.469 e. The normalized spacial score (nSPS) is 21.0. The topological polar surface area (TPSA) is 63.6 Å². The number of carbonyl (C=O) groups is 2. The van der Waals surface area contributed by atoms with E-state index in [9.17, 15) is 14.7 Å². The Morgan fingerprint density at radius 2 is 1.81 bits per heavy atom. The number of methoxy groups -OCH3 is 1. The number of allylic oxidation sites excluding steroid dienone is 2. The molecule has 0 amide bonds. The molecule has 4 nitrogen and oxygen atoms in total. The van der Waals surface area contributed by atoms with E-state index in [0.717, 1.165) is 38.5 Å². The van der Waals surface area contributed by atoms with Gasteiger partial charge in [0.05, 0.1) is 12.0 Å². The number of thioether (sulfide) groups is 1. The van der Waals surface area contributed by atoms with Crippen molar-refractivity contribution in [2.24, 2.45) is 0 Å². The number of ketones is 1. The SMILES string of the molecule is CCCCCCCCC1(O)C=C(SC)C(=O)C1=CCCCCCC(=O)OC. The number of aliphatic hydroxyl groups is 1. The Hall–Kier alpha value is -1.07. The molecule has 5 heteroatoms. The Bertz CT molecular complexity index is 538. The van der Waals surface area contributed by atoms with E-state index in [-0.39, 0.29) is 11.8 Å². The second kappa shape index (κ2) is 13.2. The third-order valence-electron chi connectivity index (χ3n) is 5.10. The summed E-state index contributed by atoms with van der Waals surface area (Å²) in [7, 11) is 1.40. The van der Waals surface area contributed by atoms with Crippen LogP contribution >= 0.6 is 11.8 Å². The van der Waals surface area contributed by atoms with Crippen molar-refractivity contribution in [3.8, 4) is 0 Å². The first-order chi connectivity index (χ1) is 13.0. The first-order valence-corrected chi connectivity index (χ1v) is 11.5. The van der Waals surface area contributed by atoms with Crippen molar-refractivity contribution in [2.45, 2.75) is 89.6 Å². The molecule has 1 N–H and O–H groups in total. The monoisotopic (exact) mass is 396 g/mol. The number of ether oxygens (including phenoxy) is 1. The molecule has 154 valence electrons. The quantitative estimate of drug-likeness (QED) is 0.244. The Balaban J connectivity index is 2.52. The van der Waals surface area contributed by atoms with Crippen LogP contribution in [0.3, 0.4) is 0 Å². The van der Waals surface area contributed by atoms with Gasteiger partial charge in [0.2, 0.25) is 0 Å². The van der Waals surface area contributed by atoms with Gasteiger partial charge in [-0.05, 0) is 44.4 Å². The van der Waals surface area contributed by atoms with Crippen LogP contribution in [0.2, 0.25) is 0 Å². The maximum absolute atomic E-state index is 12.6. The first kappa shape index (κ1) is 24.0. The molecule has 1 aliphatic rings. The molecule has 1 atom stereocenters. The molecule has 1 aliphatic carbocycles. The molecule has 0 heterocycles. The summed E-state index contributed by atoms with van der Waals surface area (Å²) in [4.78, 5) is 24.4. The predicted molar refractivity (Wildman–Crippen MR) is 113 cm³/mol. The fourth-order valence-corrected chi connectivity index (χ4v) is 4.04. The predicted octanol–water partition coefficient (Wildman–Crippen LogP) is 5.35. The molecule has 1 unspecified atom stereocenters. The number of esters is 1. The smallest absolute Gasteiger partial charge is 0.305 e. The maximum atomic E-state index is 12.6. The van der Waals surface area contributed by atoms with Gasteiger partial charge < -0.3 is 9.84 Å². The summed E-state index contributed by atoms with van der Waals surface area (Å²) in [6.45, 7) is 2.20. The van der Waals surface area contributed by atoms with E-state index in [1.807, 2.05) is 12.3 Å². The van der Waals surface area contributed by atoms with E-state index in [2.05, 4.69) is 11.7 Å². The summed E-state index contributed by atoms with van der Waals surface area (Å²) < 4.78 is 4.63. The van der Waals surface area contributed by atoms with Crippen molar-refractivity contribution < 1.29 is 19.4 Å². The Kier molecular flexibility index (Phi) is 11.7. The van der Waals surface area contributed by atoms with E-state index in [0.29, 0.717) is 23.3 Å². The van der Waals surface area contributed by atoms with Gasteiger partial charge in [-0.2, -0.15) is 0 Å². The molecule has 0 fully saturated rings. The Labute approximate surface area is 168 Å². The minimum atomic E-state index is -1.10. The average Bonchev–Trinajstić information content (AvgIpc) is 2.91. The molecule has 0 spiro atoms. The van der Waals surface area contributed by atoms with E-state index in [1.165, 1.54) is 44.6 Å². The third kappa shape index (κ3) is 8.22. The molecule has 1 rings (SSSR count). The Morgan fingerprint density at radius 1 is 1.15 bits per heavy atom. The molecule has 0 saturated heterocycles. The van der Waals surface area contributed by atoms with Gasteiger partial charge in [-0.3, -0.25) is 9.59 Å². The van der Waals surface area contributed by atoms with Gasteiger partial charge in [0.15, 0.2) is 5.78 Å². The molecule has 0 bridgehead atoms. The number of carbonyl (C=O) groups excluding carboxylic acids is 2. The van der Waals surface area contributed by atoms with Gasteiger partial charge in [0, 0.05) is 12.0 Å². The van der Waals surface area contributed by atoms with Crippen LogP contribution in [0.4, 0.5) is 0 Å². The lowest BCUT2D eigenvalue weighted by atomic mass is 9.89. The van der Waals surface area contributed by atoms with Crippen molar-refractivity contribution in [3.05, 3.63) is 22.6 Å². The Morgan fingerprint density at radius 3 is 2.48 bits per heavy atom. The van der Waals surface area contributed by atoms with Crippen LogP contribution in [-0.2, 0) is 14.3 Å². The number of hydrogen-bond donors (Lipinski definition) is 1. The van der Waals surface area contributed by atoms with Crippen molar-refractivity contribution >= 4 is 23.5 Å². The molecule has 0 aromatic rings. The van der Waals surface area contributed by atoms with Gasteiger partial charge in [-0.1, -0.05) is 51.5 Å². The van der Waals surface area contributed by atoms with Crippen LogP contribution in [0.15, 0.2) is 22.6 Å². The highest BCUT2D eigenvalue weighted by molar-refractivity contribution is 8.03. The van der Waals surface area contributed by atoms with Gasteiger partial charge >= 0.3 is 5.97 Å². The molecule has 0 aromatic heterocycles. The summed E-state index contributed by atoms with van der Waals surface area (Å²) in [5, 5.41) is 11.1. The lowest BCUT2D eigenvalue weighted by Crippen LogP contribution is -2.28. The fourth-order valence-electron chi connectivity index (χ4n) is 3.43. The van der Waals surface area contributed by atoms with Gasteiger partial charge in [-0.25, -0.2) is 0 Å². The highest BCUT2D eigenvalue weighted by Gasteiger charge is 2.40. The maximum Gasteiger partial charge on any atom is 0.305 e. The lowest BCUT2D eigenvalue weighted by molar-refractivity contribution is -0.140. The lowest BCUT2D eigenvalue weighted by Gasteiger charge is -2.22. The van der Waals surface area contributed by atoms with E-state index < -0.39 is 5.60 Å². The zero-order valence-corrected chi connectivity index (χ0v) is 18.0. The second-order valence-electron chi connectivity index (χ2n) is 7.28. The number of Topliss-reactive ketones (excluding diaryl/α,β-unsaturated/α-hetero) is 1. The summed E-state index contributed by atoms with van der Waals surface area (Å²) in [6.07, 6.45) is 16.9. The minimum Gasteiger partial charge on any atom is -0.469 e. The minimum absolute atomic E-state index is 0.0226. The van der Waals surface area contributed by atoms with Crippen LogP contribution in [0.5, 0.6) is 0 Å². The molecule has 27 heavy (non-hydrogen) atoms. The van der Waals surface area contributed by atoms with Crippen LogP contribution in [0, 0.1) is 0 Å². The van der Waals surface area contributed by atoms with Crippen LogP contribution < -0.4 is 0 Å². The molecule has 0 aliphatic heterocycles. The van der Waals surface area contributed by atoms with Gasteiger partial charge in [0.25, 0.3) is 0 Å². The fraction of sp³-hybridized carbons (Fsp3) is 0.727. The van der Waals surface area contributed by atoms with Gasteiger partial charge in [-0.15, -0.1) is 11.8 Å². The van der Waals surface area contributed by atoms with Crippen molar-refractivity contribution in [1.29, 1.82) is 0 Å². The van der Waals surface area contributed by atoms with E-state index in [1.54, 1.807) is 6.08 Å². The number of rotatable bonds is 14. The molecular weight excluding hydrogens is 360 g/mol. The van der Waals surface area contributed by atoms with Crippen molar-refractivity contribution in [3.63, 3.8) is 0 Å². The highest BCUT2D eigenvalue weighted by Crippen LogP contribution is 2.39. The molecule has 0 aromatic carbocycles. The molecule has 0 radical (unpaired) electrons. The molecular formula is C22H36O4S. The van der Waals surface area contributed by atoms with Crippen LogP contribution in [0.1, 0.15) is 84.0 Å². The van der Waals surface area contributed by atoms with Crippen LogP contribution in [-0.4, -0.2) is 35.8 Å². The summed E-state index contributed by atoms with van der Waals surface area (Å²) in [5.74, 6) is -0.202. The third-order valence-corrected chi connectivity index (χ3v) is 5.84. The standard InChI is InChI=1S/C22H36O4S/c1-4-5-6-7-10-13-16-22(25)17-19(27-3)21(24)18(22)14-11-8-9-12-15-20(23)26-2/h14,17,25H,4-13,15-16H2,1-3H3. The van der Waals surface area contributed by atoms with Crippen LogP contribution in [0.25, 0.3) is 0 Å². The summed E-state index contributed by atoms with van der Waals surface area (Å²) in [6, 6.07) is 0. The summed E-state index contributed by atoms with van der Waals surface area (Å²) >= 11 is 1.41. The zero-order chi connectivity index (χ0) is 20.1. The van der Waals surface area contributed by atoms with Crippen molar-refractivity contribution in [1.82, 2.24) is 0 Å². The summed E-state index contributed by atoms with van der Waals surface area (Å²) in [5.41, 5.74) is -0.556. The van der Waals surface area contributed by atoms with E-state index >= 15 is 0 Å². The first-order valence-electron chi connectivity index (χ1n) is 10.3. The second-order valence-corrected chi connectivity index (χ2v) is 8.13. The van der Waals surface area contributed by atoms with Crippen molar-refractivity contribution in [2.75, 3.05) is 13.4 Å². The molecule has 0 saturated carbocycles. The number of hydrogen-bond acceptors (Lipinski definition) is 5. The average molecular weight is 397 g/mol. The number of unbranched alkanes of at least 4 members (excludes halogenated alkanes) is 8. The zero-order valence-electron chi connectivity index (χ0n) is 17.2. The van der Waals surface area contributed by atoms with E-state index in [4.69, 9.17) is 0 Å². The van der Waals surface area contributed by atoms with Gasteiger partial charge in [0.1, 0.15) is 5.60 Å².